The molecule has 1 fully saturated rings. The smallest absolute Gasteiger partial charge is 0.269 e. The van der Waals surface area contributed by atoms with E-state index in [1.165, 1.54) is 0 Å². The van der Waals surface area contributed by atoms with Crippen LogP contribution in [0.1, 0.15) is 51.9 Å². The minimum Gasteiger partial charge on any atom is -0.354 e. The number of Topliss-reactive ketones (excluding diaryl/α,β-unsaturated/α-hetero) is 1. The average Bonchev–Trinajstić information content (AvgIpc) is 3.29. The Morgan fingerprint density at radius 3 is 2.54 bits per heavy atom. The molecule has 3 rings (SSSR count). The molecule has 0 bridgehead atoms. The fraction of sp³-hybridized carbons (Fsp3) is 0.350. The van der Waals surface area contributed by atoms with E-state index in [0.717, 1.165) is 17.7 Å². The average molecular weight is 322 g/mol. The zero-order valence-corrected chi connectivity index (χ0v) is 14.1. The summed E-state index contributed by atoms with van der Waals surface area (Å²) in [6, 6.07) is 13.4. The summed E-state index contributed by atoms with van der Waals surface area (Å²) in [5.41, 5.74) is 2.74. The Bertz CT molecular complexity index is 755. The third kappa shape index (κ3) is 3.88. The molecule has 0 spiro atoms. The Labute approximate surface area is 142 Å². The Hall–Kier alpha value is -2.49. The summed E-state index contributed by atoms with van der Waals surface area (Å²) in [7, 11) is 1.57. The summed E-state index contributed by atoms with van der Waals surface area (Å²) < 4.78 is 0. The summed E-state index contributed by atoms with van der Waals surface area (Å²) in [5, 5.41) is 2.59. The molecular weight excluding hydrogens is 300 g/mol. The van der Waals surface area contributed by atoms with Crippen molar-refractivity contribution >= 4 is 11.7 Å². The highest BCUT2D eigenvalue weighted by atomic mass is 16.1. The van der Waals surface area contributed by atoms with Gasteiger partial charge in [-0.1, -0.05) is 37.3 Å². The molecule has 1 aliphatic rings. The van der Waals surface area contributed by atoms with Gasteiger partial charge in [0.15, 0.2) is 5.78 Å². The SMILES string of the molecule is CNC(=O)c1cc(C(=O)C[C@H]2C[C@@H]2C)cc(Cc2ccccc2)n1. The van der Waals surface area contributed by atoms with E-state index in [9.17, 15) is 9.59 Å². The van der Waals surface area contributed by atoms with Crippen LogP contribution in [0, 0.1) is 11.8 Å². The number of carbonyl (C=O) groups is 2. The topological polar surface area (TPSA) is 59.1 Å². The number of ketones is 1. The quantitative estimate of drug-likeness (QED) is 0.831. The van der Waals surface area contributed by atoms with Crippen molar-refractivity contribution in [2.45, 2.75) is 26.2 Å². The van der Waals surface area contributed by atoms with Gasteiger partial charge in [0.2, 0.25) is 0 Å². The van der Waals surface area contributed by atoms with Crippen LogP contribution in [0.3, 0.4) is 0 Å². The minimum atomic E-state index is -0.265. The van der Waals surface area contributed by atoms with Gasteiger partial charge in [-0.15, -0.1) is 0 Å². The van der Waals surface area contributed by atoms with Gasteiger partial charge in [0.1, 0.15) is 5.69 Å². The van der Waals surface area contributed by atoms with Crippen molar-refractivity contribution in [3.05, 3.63) is 65.0 Å². The molecular formula is C20H22N2O2. The second-order valence-electron chi connectivity index (χ2n) is 6.57. The van der Waals surface area contributed by atoms with E-state index in [0.29, 0.717) is 35.9 Å². The maximum atomic E-state index is 12.5. The van der Waals surface area contributed by atoms with Crippen molar-refractivity contribution in [1.82, 2.24) is 10.3 Å². The Morgan fingerprint density at radius 2 is 1.92 bits per heavy atom. The number of amides is 1. The van der Waals surface area contributed by atoms with Crippen molar-refractivity contribution in [2.24, 2.45) is 11.8 Å². The summed E-state index contributed by atoms with van der Waals surface area (Å²) in [6.45, 7) is 2.17. The molecule has 0 saturated heterocycles. The van der Waals surface area contributed by atoms with Crippen LogP contribution in [0.25, 0.3) is 0 Å². The van der Waals surface area contributed by atoms with E-state index in [2.05, 4.69) is 17.2 Å². The third-order valence-electron chi connectivity index (χ3n) is 4.61. The fourth-order valence-corrected chi connectivity index (χ4v) is 2.93. The molecule has 2 aromatic rings. The molecule has 124 valence electrons. The highest BCUT2D eigenvalue weighted by molar-refractivity contribution is 6.00. The zero-order valence-electron chi connectivity index (χ0n) is 14.1. The molecule has 1 aliphatic carbocycles. The number of hydrogen-bond donors (Lipinski definition) is 1. The van der Waals surface area contributed by atoms with Crippen LogP contribution in [0.5, 0.6) is 0 Å². The third-order valence-corrected chi connectivity index (χ3v) is 4.61. The maximum absolute atomic E-state index is 12.5. The van der Waals surface area contributed by atoms with Gasteiger partial charge >= 0.3 is 0 Å². The lowest BCUT2D eigenvalue weighted by Gasteiger charge is -2.08. The maximum Gasteiger partial charge on any atom is 0.269 e. The molecule has 4 heteroatoms. The van der Waals surface area contributed by atoms with Crippen molar-refractivity contribution in [2.75, 3.05) is 7.05 Å². The summed E-state index contributed by atoms with van der Waals surface area (Å²) in [6.07, 6.45) is 2.28. The number of aromatic nitrogens is 1. The van der Waals surface area contributed by atoms with Crippen LogP contribution in [0.2, 0.25) is 0 Å². The molecule has 1 aromatic carbocycles. The van der Waals surface area contributed by atoms with Gasteiger partial charge in [-0.3, -0.25) is 9.59 Å². The number of benzene rings is 1. The molecule has 4 nitrogen and oxygen atoms in total. The van der Waals surface area contributed by atoms with E-state index in [4.69, 9.17) is 0 Å². The lowest BCUT2D eigenvalue weighted by molar-refractivity contribution is 0.0958. The summed E-state index contributed by atoms with van der Waals surface area (Å²) in [5.74, 6) is 0.967. The molecule has 1 heterocycles. The van der Waals surface area contributed by atoms with Crippen LogP contribution < -0.4 is 5.32 Å². The first kappa shape index (κ1) is 16.4. The van der Waals surface area contributed by atoms with Crippen LogP contribution in [-0.4, -0.2) is 23.7 Å². The summed E-state index contributed by atoms with van der Waals surface area (Å²) >= 11 is 0. The van der Waals surface area contributed by atoms with Crippen molar-refractivity contribution < 1.29 is 9.59 Å². The number of pyridine rings is 1. The van der Waals surface area contributed by atoms with Crippen LogP contribution in [0.15, 0.2) is 42.5 Å². The molecule has 0 aliphatic heterocycles. The molecule has 2 atom stereocenters. The van der Waals surface area contributed by atoms with Crippen molar-refractivity contribution in [3.8, 4) is 0 Å². The highest BCUT2D eigenvalue weighted by Gasteiger charge is 2.34. The molecule has 0 unspecified atom stereocenters. The van der Waals surface area contributed by atoms with E-state index in [1.54, 1.807) is 13.1 Å². The molecule has 1 N–H and O–H groups in total. The minimum absolute atomic E-state index is 0.103. The normalized spacial score (nSPS) is 18.9. The number of nitrogens with one attached hydrogen (secondary N) is 1. The van der Waals surface area contributed by atoms with Crippen LogP contribution in [0.4, 0.5) is 0 Å². The standard InChI is InChI=1S/C20H22N2O2/c1-13-8-15(13)12-19(23)16-10-17(9-14-6-4-3-5-7-14)22-18(11-16)20(24)21-2/h3-7,10-11,13,15H,8-9,12H2,1-2H3,(H,21,24)/t13-,15+/m0/s1. The molecule has 1 aromatic heterocycles. The first-order chi connectivity index (χ1) is 11.6. The lowest BCUT2D eigenvalue weighted by atomic mass is 10.0. The van der Waals surface area contributed by atoms with Gasteiger partial charge in [0, 0.05) is 31.1 Å². The monoisotopic (exact) mass is 322 g/mol. The summed E-state index contributed by atoms with van der Waals surface area (Å²) in [4.78, 5) is 29.0. The van der Waals surface area contributed by atoms with Crippen molar-refractivity contribution in [3.63, 3.8) is 0 Å². The molecule has 1 saturated carbocycles. The van der Waals surface area contributed by atoms with Gasteiger partial charge in [0.05, 0.1) is 0 Å². The number of hydrogen-bond acceptors (Lipinski definition) is 3. The van der Waals surface area contributed by atoms with Crippen molar-refractivity contribution in [1.29, 1.82) is 0 Å². The van der Waals surface area contributed by atoms with Gasteiger partial charge in [-0.05, 0) is 36.0 Å². The Kier molecular flexibility index (Phi) is 4.74. The van der Waals surface area contributed by atoms with Gasteiger partial charge < -0.3 is 5.32 Å². The van der Waals surface area contributed by atoms with Crippen LogP contribution in [-0.2, 0) is 6.42 Å². The first-order valence-corrected chi connectivity index (χ1v) is 8.37. The fourth-order valence-electron chi connectivity index (χ4n) is 2.93. The van der Waals surface area contributed by atoms with E-state index in [1.807, 2.05) is 36.4 Å². The van der Waals surface area contributed by atoms with E-state index >= 15 is 0 Å². The predicted molar refractivity (Wildman–Crippen MR) is 93.1 cm³/mol. The number of carbonyl (C=O) groups excluding carboxylic acids is 2. The van der Waals surface area contributed by atoms with Gasteiger partial charge in [-0.2, -0.15) is 0 Å². The van der Waals surface area contributed by atoms with E-state index < -0.39 is 0 Å². The number of rotatable bonds is 6. The number of nitrogens with zero attached hydrogens (tertiary/aromatic N) is 1. The lowest BCUT2D eigenvalue weighted by Crippen LogP contribution is -2.20. The molecule has 24 heavy (non-hydrogen) atoms. The second kappa shape index (κ2) is 6.95. The first-order valence-electron chi connectivity index (χ1n) is 8.37. The van der Waals surface area contributed by atoms with E-state index in [-0.39, 0.29) is 11.7 Å². The predicted octanol–water partition coefficient (Wildman–Crippen LogP) is 3.26. The Morgan fingerprint density at radius 1 is 1.21 bits per heavy atom. The molecule has 1 amide bonds. The largest absolute Gasteiger partial charge is 0.354 e. The van der Waals surface area contributed by atoms with Crippen LogP contribution >= 0.6 is 0 Å². The van der Waals surface area contributed by atoms with Gasteiger partial charge in [-0.25, -0.2) is 4.98 Å². The zero-order chi connectivity index (χ0) is 17.1. The second-order valence-corrected chi connectivity index (χ2v) is 6.57. The van der Waals surface area contributed by atoms with Gasteiger partial charge in [0.25, 0.3) is 5.91 Å². The molecule has 0 radical (unpaired) electrons. The Balaban J connectivity index is 1.88. The highest BCUT2D eigenvalue weighted by Crippen LogP contribution is 2.41.